The number of rotatable bonds is 9. The van der Waals surface area contributed by atoms with E-state index in [0.29, 0.717) is 11.9 Å². The predicted molar refractivity (Wildman–Crippen MR) is 155 cm³/mol. The fraction of sp³-hybridized carbons (Fsp3) is 0.111. The Labute approximate surface area is 256 Å². The van der Waals surface area contributed by atoms with Gasteiger partial charge in [-0.3, -0.25) is 14.3 Å². The first-order valence-corrected chi connectivity index (χ1v) is 13.5. The van der Waals surface area contributed by atoms with Gasteiger partial charge in [0, 0.05) is 17.8 Å². The third-order valence-corrected chi connectivity index (χ3v) is 6.96. The van der Waals surface area contributed by atoms with E-state index >= 15 is 0 Å². The molecule has 0 fully saturated rings. The number of nitrogens with two attached hydrogens (primary N) is 1. The second-order valence-corrected chi connectivity index (χ2v) is 10.2. The Kier molecular flexibility index (Phi) is 7.71. The van der Waals surface area contributed by atoms with E-state index in [-0.39, 0.29) is 50.6 Å². The molecule has 0 aliphatic rings. The molecule has 13 nitrogen and oxygen atoms in total. The summed E-state index contributed by atoms with van der Waals surface area (Å²) in [6.45, 7) is 0.203. The summed E-state index contributed by atoms with van der Waals surface area (Å²) in [6, 6.07) is 15.6. The van der Waals surface area contributed by atoms with Crippen LogP contribution in [-0.4, -0.2) is 56.6 Å². The number of anilines is 1. The van der Waals surface area contributed by atoms with Gasteiger partial charge in [-0.1, -0.05) is 53.5 Å². The van der Waals surface area contributed by atoms with E-state index < -0.39 is 24.1 Å². The molecular formula is C27H19Cl2F2N11O2. The maximum Gasteiger partial charge on any atom is 0.301 e. The van der Waals surface area contributed by atoms with Gasteiger partial charge in [0.25, 0.3) is 11.8 Å². The van der Waals surface area contributed by atoms with Crippen molar-refractivity contribution in [3.63, 3.8) is 0 Å². The van der Waals surface area contributed by atoms with Crippen molar-refractivity contribution in [2.24, 2.45) is 5.73 Å². The number of aromatic nitrogens is 9. The number of carbonyl (C=O) groups is 2. The Morgan fingerprint density at radius 3 is 2.48 bits per heavy atom. The van der Waals surface area contributed by atoms with Crippen LogP contribution in [0.2, 0.25) is 10.0 Å². The summed E-state index contributed by atoms with van der Waals surface area (Å²) in [5.41, 5.74) is 6.91. The number of pyridine rings is 1. The molecule has 4 aromatic heterocycles. The summed E-state index contributed by atoms with van der Waals surface area (Å²) in [4.78, 5) is 31.6. The first kappa shape index (κ1) is 28.8. The third-order valence-electron chi connectivity index (χ3n) is 6.37. The highest BCUT2D eigenvalue weighted by molar-refractivity contribution is 6.36. The quantitative estimate of drug-likeness (QED) is 0.237. The molecule has 0 bridgehead atoms. The van der Waals surface area contributed by atoms with Crippen molar-refractivity contribution in [2.45, 2.75) is 19.5 Å². The summed E-state index contributed by atoms with van der Waals surface area (Å²) < 4.78 is 28.7. The van der Waals surface area contributed by atoms with Crippen LogP contribution in [0.15, 0.2) is 67.0 Å². The zero-order valence-electron chi connectivity index (χ0n) is 22.3. The van der Waals surface area contributed by atoms with E-state index in [9.17, 15) is 18.4 Å². The van der Waals surface area contributed by atoms with Crippen LogP contribution in [0, 0.1) is 0 Å². The molecule has 222 valence electrons. The molecule has 0 spiro atoms. The molecule has 0 atom stereocenters. The lowest BCUT2D eigenvalue weighted by Gasteiger charge is -2.13. The molecule has 4 heterocycles. The van der Waals surface area contributed by atoms with Crippen LogP contribution in [-0.2, 0) is 13.1 Å². The number of carbonyl (C=O) groups excluding carboxylic acids is 2. The topological polar surface area (TPSA) is 164 Å². The van der Waals surface area contributed by atoms with Crippen molar-refractivity contribution in [1.29, 1.82) is 0 Å². The van der Waals surface area contributed by atoms with Gasteiger partial charge < -0.3 is 11.1 Å². The normalized spacial score (nSPS) is 11.4. The van der Waals surface area contributed by atoms with Crippen molar-refractivity contribution < 1.29 is 18.4 Å². The van der Waals surface area contributed by atoms with E-state index in [1.54, 1.807) is 29.1 Å². The van der Waals surface area contributed by atoms with Gasteiger partial charge >= 0.3 is 6.43 Å². The zero-order valence-corrected chi connectivity index (χ0v) is 23.8. The molecular weight excluding hydrogens is 619 g/mol. The second-order valence-electron chi connectivity index (χ2n) is 9.40. The summed E-state index contributed by atoms with van der Waals surface area (Å²) in [5.74, 6) is -2.29. The molecule has 0 aliphatic heterocycles. The minimum absolute atomic E-state index is 0.0346. The van der Waals surface area contributed by atoms with Gasteiger partial charge in [0.2, 0.25) is 5.82 Å². The van der Waals surface area contributed by atoms with Gasteiger partial charge in [0.05, 0.1) is 33.5 Å². The molecule has 0 aliphatic carbocycles. The largest absolute Gasteiger partial charge is 0.365 e. The molecule has 6 rings (SSSR count). The van der Waals surface area contributed by atoms with Gasteiger partial charge in [-0.15, -0.1) is 10.2 Å². The van der Waals surface area contributed by atoms with Gasteiger partial charge in [0.15, 0.2) is 5.82 Å². The first-order valence-electron chi connectivity index (χ1n) is 12.8. The molecule has 2 amide bonds. The molecule has 44 heavy (non-hydrogen) atoms. The van der Waals surface area contributed by atoms with E-state index in [4.69, 9.17) is 28.9 Å². The number of primary amides is 1. The maximum absolute atomic E-state index is 13.8. The van der Waals surface area contributed by atoms with Crippen molar-refractivity contribution in [2.75, 3.05) is 5.32 Å². The highest BCUT2D eigenvalue weighted by Crippen LogP contribution is 2.34. The number of alkyl halides is 2. The number of nitrogens with zero attached hydrogens (tertiary/aromatic N) is 9. The summed E-state index contributed by atoms with van der Waals surface area (Å²) >= 11 is 12.9. The number of tetrazole rings is 1. The number of hydrogen-bond acceptors (Lipinski definition) is 8. The Morgan fingerprint density at radius 1 is 0.977 bits per heavy atom. The predicted octanol–water partition coefficient (Wildman–Crippen LogP) is 4.30. The fourth-order valence-electron chi connectivity index (χ4n) is 4.49. The lowest BCUT2D eigenvalue weighted by atomic mass is 10.1. The van der Waals surface area contributed by atoms with Gasteiger partial charge in [-0.25, -0.2) is 18.4 Å². The van der Waals surface area contributed by atoms with Crippen LogP contribution in [0.4, 0.5) is 14.5 Å². The molecule has 3 N–H and O–H groups in total. The minimum Gasteiger partial charge on any atom is -0.365 e. The van der Waals surface area contributed by atoms with Crippen molar-refractivity contribution >= 4 is 51.6 Å². The SMILES string of the molecule is NC(=O)c1c(NC(=O)c2cc(Cn3nnc(C(F)F)n3)nn2-c2ncccc2Cl)c(Cl)cc2cn(Cc3ccccc3)nc12. The van der Waals surface area contributed by atoms with E-state index in [1.807, 2.05) is 30.3 Å². The van der Waals surface area contributed by atoms with Gasteiger partial charge in [-0.2, -0.15) is 15.0 Å². The molecule has 0 unspecified atom stereocenters. The van der Waals surface area contributed by atoms with E-state index in [2.05, 4.69) is 35.9 Å². The van der Waals surface area contributed by atoms with Gasteiger partial charge in [0.1, 0.15) is 17.8 Å². The summed E-state index contributed by atoms with van der Waals surface area (Å²) in [5, 5.41) is 22.8. The number of halogens is 4. The third kappa shape index (κ3) is 5.69. The average molecular weight is 638 g/mol. The second kappa shape index (κ2) is 11.8. The number of nitrogens with one attached hydrogen (secondary N) is 1. The van der Waals surface area contributed by atoms with Crippen LogP contribution in [0.3, 0.4) is 0 Å². The lowest BCUT2D eigenvalue weighted by molar-refractivity contribution is 0.100. The number of benzene rings is 2. The first-order chi connectivity index (χ1) is 21.2. The van der Waals surface area contributed by atoms with Gasteiger partial charge in [-0.05, 0) is 35.0 Å². The highest BCUT2D eigenvalue weighted by Gasteiger charge is 2.25. The smallest absolute Gasteiger partial charge is 0.301 e. The van der Waals surface area contributed by atoms with Crippen LogP contribution >= 0.6 is 23.2 Å². The molecule has 2 aromatic carbocycles. The number of hydrogen-bond donors (Lipinski definition) is 2. The van der Waals surface area contributed by atoms with Crippen LogP contribution < -0.4 is 11.1 Å². The standard InChI is InChI=1S/C27H19Cl2F2N11O2/c28-17-7-4-8-33-26(17)42-19(10-16(36-42)13-41-38-25(23(30)31)35-39-41)27(44)34-22-18(29)9-15-12-40(11-14-5-2-1-3-6-14)37-21(15)20(22)24(32)43/h1-10,12,23H,11,13H2,(H2,32,43)(H,34,44). The van der Waals surface area contributed by atoms with Crippen molar-refractivity contribution in [1.82, 2.24) is 44.8 Å². The molecule has 17 heteroatoms. The van der Waals surface area contributed by atoms with Crippen LogP contribution in [0.5, 0.6) is 0 Å². The maximum atomic E-state index is 13.8. The van der Waals surface area contributed by atoms with Crippen LogP contribution in [0.25, 0.3) is 16.7 Å². The van der Waals surface area contributed by atoms with Crippen LogP contribution in [0.1, 0.15) is 44.4 Å². The number of fused-ring (bicyclic) bond motifs is 1. The lowest BCUT2D eigenvalue weighted by Crippen LogP contribution is -2.21. The Balaban J connectivity index is 1.38. The fourth-order valence-corrected chi connectivity index (χ4v) is 4.95. The Morgan fingerprint density at radius 2 is 1.77 bits per heavy atom. The molecule has 0 saturated carbocycles. The Hall–Kier alpha value is -5.28. The highest BCUT2D eigenvalue weighted by atomic mass is 35.5. The summed E-state index contributed by atoms with van der Waals surface area (Å²) in [7, 11) is 0. The summed E-state index contributed by atoms with van der Waals surface area (Å²) in [6.07, 6.45) is 0.245. The number of amides is 2. The average Bonchev–Trinajstić information content (AvgIpc) is 3.73. The zero-order chi connectivity index (χ0) is 31.0. The van der Waals surface area contributed by atoms with E-state index in [0.717, 1.165) is 15.0 Å². The molecule has 0 saturated heterocycles. The van der Waals surface area contributed by atoms with Crippen molar-refractivity contribution in [3.8, 4) is 5.82 Å². The molecule has 0 radical (unpaired) electrons. The monoisotopic (exact) mass is 637 g/mol. The van der Waals surface area contributed by atoms with E-state index in [1.165, 1.54) is 12.3 Å². The molecule has 6 aromatic rings. The van der Waals surface area contributed by atoms with Crippen molar-refractivity contribution in [3.05, 3.63) is 105 Å². The minimum atomic E-state index is -2.92. The Bertz CT molecular complexity index is 2030.